The van der Waals surface area contributed by atoms with Crippen LogP contribution in [0, 0.1) is 5.82 Å². The average Bonchev–Trinajstić information content (AvgIpc) is 2.84. The van der Waals surface area contributed by atoms with Gasteiger partial charge in [-0.15, -0.1) is 11.3 Å². The summed E-state index contributed by atoms with van der Waals surface area (Å²) in [6.07, 6.45) is 1.03. The highest BCUT2D eigenvalue weighted by Gasteiger charge is 2.16. The largest absolute Gasteiger partial charge is 0.316 e. The van der Waals surface area contributed by atoms with Gasteiger partial charge in [0.15, 0.2) is 0 Å². The first-order valence-corrected chi connectivity index (χ1v) is 5.76. The maximum atomic E-state index is 12.6. The van der Waals surface area contributed by atoms with Gasteiger partial charge in [0.2, 0.25) is 5.91 Å². The van der Waals surface area contributed by atoms with E-state index in [1.54, 1.807) is 6.07 Å². The minimum absolute atomic E-state index is 0.281. The predicted octanol–water partition coefficient (Wildman–Crippen LogP) is 1.92. The Balaban J connectivity index is 2.04. The normalized spacial score (nSPS) is 12.1. The number of hydrogen-bond acceptors (Lipinski definition) is 4. The zero-order chi connectivity index (χ0) is 12.3. The minimum Gasteiger partial charge on any atom is -0.316 e. The quantitative estimate of drug-likeness (QED) is 0.875. The summed E-state index contributed by atoms with van der Waals surface area (Å²) in [7, 11) is 0. The Morgan fingerprint density at radius 1 is 1.47 bits per heavy atom. The zero-order valence-electron chi connectivity index (χ0n) is 8.76. The lowest BCUT2D eigenvalue weighted by Gasteiger charge is -2.09. The van der Waals surface area contributed by atoms with Gasteiger partial charge < -0.3 is 11.1 Å². The molecule has 0 aliphatic rings. The molecule has 17 heavy (non-hydrogen) atoms. The van der Waals surface area contributed by atoms with Crippen LogP contribution in [0.25, 0.3) is 0 Å². The molecule has 88 valence electrons. The highest BCUT2D eigenvalue weighted by atomic mass is 32.1. The molecule has 0 aliphatic carbocycles. The molecule has 2 aromatic rings. The van der Waals surface area contributed by atoms with Crippen molar-refractivity contribution in [2.75, 3.05) is 5.32 Å². The molecule has 0 aliphatic heterocycles. The van der Waals surface area contributed by atoms with E-state index in [2.05, 4.69) is 10.3 Å². The van der Waals surface area contributed by atoms with Gasteiger partial charge in [0.25, 0.3) is 0 Å². The van der Waals surface area contributed by atoms with Crippen LogP contribution in [0.3, 0.4) is 0 Å². The summed E-state index contributed by atoms with van der Waals surface area (Å²) in [5, 5.41) is 4.37. The summed E-state index contributed by atoms with van der Waals surface area (Å²) in [6.45, 7) is 0. The first-order chi connectivity index (χ1) is 8.16. The molecular formula is C11H10FN3OS. The molecule has 0 aromatic carbocycles. The SMILES string of the molecule is NC(C(=O)Nc1ccc(F)cn1)c1cccs1. The number of nitrogens with one attached hydrogen (secondary N) is 1. The molecule has 0 saturated heterocycles. The Morgan fingerprint density at radius 2 is 2.29 bits per heavy atom. The van der Waals surface area contributed by atoms with Gasteiger partial charge in [0.1, 0.15) is 17.7 Å². The third-order valence-corrected chi connectivity index (χ3v) is 3.07. The van der Waals surface area contributed by atoms with Crippen LogP contribution < -0.4 is 11.1 Å². The summed E-state index contributed by atoms with van der Waals surface area (Å²) < 4.78 is 12.6. The summed E-state index contributed by atoms with van der Waals surface area (Å²) in [5.74, 6) is -0.541. The van der Waals surface area contributed by atoms with Crippen LogP contribution in [0.15, 0.2) is 35.8 Å². The number of thiophene rings is 1. The lowest BCUT2D eigenvalue weighted by atomic mass is 10.2. The molecule has 0 saturated carbocycles. The zero-order valence-corrected chi connectivity index (χ0v) is 9.58. The molecule has 1 unspecified atom stereocenters. The van der Waals surface area contributed by atoms with Crippen molar-refractivity contribution in [1.82, 2.24) is 4.98 Å². The van der Waals surface area contributed by atoms with E-state index in [4.69, 9.17) is 5.73 Å². The maximum absolute atomic E-state index is 12.6. The number of amides is 1. The van der Waals surface area contributed by atoms with E-state index in [0.717, 1.165) is 11.1 Å². The van der Waals surface area contributed by atoms with Gasteiger partial charge in [-0.05, 0) is 23.6 Å². The number of carbonyl (C=O) groups is 1. The summed E-state index contributed by atoms with van der Waals surface area (Å²) in [6, 6.07) is 5.48. The predicted molar refractivity (Wildman–Crippen MR) is 64.1 cm³/mol. The van der Waals surface area contributed by atoms with Gasteiger partial charge in [-0.2, -0.15) is 0 Å². The smallest absolute Gasteiger partial charge is 0.247 e. The van der Waals surface area contributed by atoms with Crippen LogP contribution in [0.1, 0.15) is 10.9 Å². The molecule has 0 radical (unpaired) electrons. The number of aromatic nitrogens is 1. The van der Waals surface area contributed by atoms with Crippen molar-refractivity contribution in [3.63, 3.8) is 0 Å². The molecule has 4 nitrogen and oxygen atoms in total. The molecule has 6 heteroatoms. The maximum Gasteiger partial charge on any atom is 0.247 e. The Labute approximate surface area is 101 Å². The first-order valence-electron chi connectivity index (χ1n) is 4.88. The lowest BCUT2D eigenvalue weighted by molar-refractivity contribution is -0.117. The van der Waals surface area contributed by atoms with Crippen LogP contribution >= 0.6 is 11.3 Å². The number of hydrogen-bond donors (Lipinski definition) is 2. The number of nitrogens with two attached hydrogens (primary N) is 1. The van der Waals surface area contributed by atoms with Crippen LogP contribution in [-0.2, 0) is 4.79 Å². The Bertz CT molecular complexity index is 498. The van der Waals surface area contributed by atoms with Gasteiger partial charge in [-0.1, -0.05) is 6.07 Å². The summed E-state index contributed by atoms with van der Waals surface area (Å²) in [4.78, 5) is 16.2. The molecule has 1 atom stereocenters. The van der Waals surface area contributed by atoms with Gasteiger partial charge in [0, 0.05) is 4.88 Å². The second-order valence-electron chi connectivity index (χ2n) is 3.34. The van der Waals surface area contributed by atoms with Crippen LogP contribution in [0.2, 0.25) is 0 Å². The minimum atomic E-state index is -0.734. The first kappa shape index (κ1) is 11.7. The Kier molecular flexibility index (Phi) is 3.46. The fraction of sp³-hybridized carbons (Fsp3) is 0.0909. The fourth-order valence-electron chi connectivity index (χ4n) is 1.25. The second kappa shape index (κ2) is 5.03. The third kappa shape index (κ3) is 2.86. The van der Waals surface area contributed by atoms with Crippen LogP contribution in [-0.4, -0.2) is 10.9 Å². The van der Waals surface area contributed by atoms with Crippen LogP contribution in [0.5, 0.6) is 0 Å². The van der Waals surface area contributed by atoms with E-state index in [1.807, 2.05) is 11.4 Å². The number of anilines is 1. The number of rotatable bonds is 3. The van der Waals surface area contributed by atoms with Gasteiger partial charge in [-0.3, -0.25) is 4.79 Å². The van der Waals surface area contributed by atoms with E-state index in [-0.39, 0.29) is 11.7 Å². The molecule has 2 heterocycles. The van der Waals surface area contributed by atoms with Gasteiger partial charge in [-0.25, -0.2) is 9.37 Å². The number of halogens is 1. The Hall–Kier alpha value is -1.79. The van der Waals surface area contributed by atoms with Crippen molar-refractivity contribution >= 4 is 23.1 Å². The summed E-state index contributed by atoms with van der Waals surface area (Å²) in [5.41, 5.74) is 5.76. The molecule has 2 aromatic heterocycles. The fourth-order valence-corrected chi connectivity index (χ4v) is 1.98. The monoisotopic (exact) mass is 251 g/mol. The molecule has 3 N–H and O–H groups in total. The third-order valence-electron chi connectivity index (χ3n) is 2.11. The molecule has 0 fully saturated rings. The lowest BCUT2D eigenvalue weighted by Crippen LogP contribution is -2.27. The molecule has 0 spiro atoms. The number of carbonyl (C=O) groups excluding carboxylic acids is 1. The van der Waals surface area contributed by atoms with E-state index >= 15 is 0 Å². The van der Waals surface area contributed by atoms with Crippen molar-refractivity contribution in [3.05, 3.63) is 46.5 Å². The van der Waals surface area contributed by atoms with E-state index in [0.29, 0.717) is 0 Å². The van der Waals surface area contributed by atoms with Crippen molar-refractivity contribution in [2.45, 2.75) is 6.04 Å². The highest BCUT2D eigenvalue weighted by Crippen LogP contribution is 2.18. The summed E-state index contributed by atoms with van der Waals surface area (Å²) >= 11 is 1.41. The van der Waals surface area contributed by atoms with Gasteiger partial charge in [0.05, 0.1) is 6.20 Å². The average molecular weight is 251 g/mol. The molecular weight excluding hydrogens is 241 g/mol. The number of nitrogens with zero attached hydrogens (tertiary/aromatic N) is 1. The topological polar surface area (TPSA) is 68.0 Å². The van der Waals surface area contributed by atoms with E-state index < -0.39 is 11.9 Å². The van der Waals surface area contributed by atoms with E-state index in [1.165, 1.54) is 23.5 Å². The van der Waals surface area contributed by atoms with Crippen molar-refractivity contribution in [3.8, 4) is 0 Å². The standard InChI is InChI=1S/C11H10FN3OS/c12-7-3-4-9(14-6-7)15-11(16)10(13)8-2-1-5-17-8/h1-6,10H,13H2,(H,14,15,16). The van der Waals surface area contributed by atoms with Crippen molar-refractivity contribution in [2.24, 2.45) is 5.73 Å². The van der Waals surface area contributed by atoms with Crippen LogP contribution in [0.4, 0.5) is 10.2 Å². The van der Waals surface area contributed by atoms with Gasteiger partial charge >= 0.3 is 0 Å². The van der Waals surface area contributed by atoms with E-state index in [9.17, 15) is 9.18 Å². The Morgan fingerprint density at radius 3 is 2.88 bits per heavy atom. The van der Waals surface area contributed by atoms with Crippen molar-refractivity contribution < 1.29 is 9.18 Å². The molecule has 2 rings (SSSR count). The number of pyridine rings is 1. The molecule has 0 bridgehead atoms. The second-order valence-corrected chi connectivity index (χ2v) is 4.32. The highest BCUT2D eigenvalue weighted by molar-refractivity contribution is 7.10. The van der Waals surface area contributed by atoms with Crippen molar-refractivity contribution in [1.29, 1.82) is 0 Å². The molecule has 1 amide bonds.